The summed E-state index contributed by atoms with van der Waals surface area (Å²) in [6.45, 7) is 2.96. The Morgan fingerprint density at radius 2 is 1.91 bits per heavy atom. The Labute approximate surface area is 74.6 Å². The number of carbonyl (C=O) groups is 2. The Morgan fingerprint density at radius 1 is 1.55 bits per heavy atom. The van der Waals surface area contributed by atoms with E-state index in [1.807, 2.05) is 0 Å². The molecule has 0 atom stereocenters. The van der Waals surface area contributed by atoms with Crippen molar-refractivity contribution in [2.24, 2.45) is 0 Å². The molecular weight excluding hydrogens is 191 g/mol. The minimum Gasteiger partial charge on any atom is -0.478 e. The summed E-state index contributed by atoms with van der Waals surface area (Å²) >= 11 is 9.95. The summed E-state index contributed by atoms with van der Waals surface area (Å²) in [6, 6.07) is 0. The number of carbonyl (C=O) groups excluding carboxylic acids is 1. The van der Waals surface area contributed by atoms with Crippen molar-refractivity contribution in [2.75, 3.05) is 5.88 Å². The average Bonchev–Trinajstić information content (AvgIpc) is 1.89. The monoisotopic (exact) mass is 198 g/mol. The molecule has 0 spiro atoms. The summed E-state index contributed by atoms with van der Waals surface area (Å²) in [5.41, 5.74) is 0. The highest BCUT2D eigenvalue weighted by atomic mass is 35.5. The molecule has 0 aromatic carbocycles. The van der Waals surface area contributed by atoms with Crippen LogP contribution in [0.15, 0.2) is 12.7 Å². The van der Waals surface area contributed by atoms with Crippen LogP contribution in [0.25, 0.3) is 0 Å². The summed E-state index contributed by atoms with van der Waals surface area (Å²) in [5, 5.41) is 7.23. The molecule has 3 nitrogen and oxygen atoms in total. The predicted octanol–water partition coefficient (Wildman–Crippen LogP) is 1.64. The third-order valence-corrected chi connectivity index (χ3v) is 0.844. The molecule has 0 amide bonds. The first-order chi connectivity index (χ1) is 5.04. The number of aliphatic carboxylic acids is 1. The van der Waals surface area contributed by atoms with Gasteiger partial charge < -0.3 is 5.11 Å². The summed E-state index contributed by atoms with van der Waals surface area (Å²) in [6.07, 6.45) is 1.10. The van der Waals surface area contributed by atoms with Crippen molar-refractivity contribution >= 4 is 34.4 Å². The third-order valence-electron chi connectivity index (χ3n) is 0.466. The van der Waals surface area contributed by atoms with E-state index < -0.39 is 5.97 Å². The fourth-order valence-corrected chi connectivity index (χ4v) is 0.437. The van der Waals surface area contributed by atoms with Gasteiger partial charge in [-0.25, -0.2) is 4.79 Å². The first-order valence-electron chi connectivity index (χ1n) is 2.64. The number of carboxylic acid groups (broad SMARTS) is 1. The molecule has 0 aromatic heterocycles. The van der Waals surface area contributed by atoms with Crippen molar-refractivity contribution in [3.63, 3.8) is 0 Å². The Bertz CT molecular complexity index is 145. The van der Waals surface area contributed by atoms with Crippen molar-refractivity contribution in [1.29, 1.82) is 0 Å². The van der Waals surface area contributed by atoms with Crippen LogP contribution in [-0.2, 0) is 9.59 Å². The van der Waals surface area contributed by atoms with E-state index >= 15 is 0 Å². The maximum absolute atomic E-state index is 9.72. The van der Waals surface area contributed by atoms with Crippen LogP contribution in [0.2, 0.25) is 0 Å². The van der Waals surface area contributed by atoms with Crippen molar-refractivity contribution in [3.05, 3.63) is 12.7 Å². The Balaban J connectivity index is 0. The van der Waals surface area contributed by atoms with E-state index in [0.29, 0.717) is 5.88 Å². The van der Waals surface area contributed by atoms with Gasteiger partial charge in [-0.05, 0) is 11.6 Å². The minimum atomic E-state index is -0.981. The molecule has 0 saturated carbocycles. The first-order valence-corrected chi connectivity index (χ1v) is 3.55. The molecule has 0 heterocycles. The molecular formula is C6H8Cl2O3. The zero-order chi connectivity index (χ0) is 9.28. The summed E-state index contributed by atoms with van der Waals surface area (Å²) in [5.74, 6) is -0.660. The van der Waals surface area contributed by atoms with Gasteiger partial charge in [-0.2, -0.15) is 0 Å². The predicted molar refractivity (Wildman–Crippen MR) is 44.0 cm³/mol. The van der Waals surface area contributed by atoms with Crippen LogP contribution >= 0.6 is 23.2 Å². The second-order valence-corrected chi connectivity index (χ2v) is 2.14. The summed E-state index contributed by atoms with van der Waals surface area (Å²) < 4.78 is 0. The van der Waals surface area contributed by atoms with Gasteiger partial charge in [0.15, 0.2) is 0 Å². The van der Waals surface area contributed by atoms with Crippen LogP contribution in [0.4, 0.5) is 0 Å². The molecule has 0 saturated heterocycles. The fourth-order valence-electron chi connectivity index (χ4n) is 0.0743. The summed E-state index contributed by atoms with van der Waals surface area (Å²) in [4.78, 5) is 19.0. The van der Waals surface area contributed by atoms with Gasteiger partial charge in [0.05, 0.1) is 0 Å². The normalized spacial score (nSPS) is 7.45. The fraction of sp³-hybridized carbons (Fsp3) is 0.333. The van der Waals surface area contributed by atoms with Crippen molar-refractivity contribution in [1.82, 2.24) is 0 Å². The molecule has 0 radical (unpaired) electrons. The topological polar surface area (TPSA) is 54.4 Å². The lowest BCUT2D eigenvalue weighted by molar-refractivity contribution is -0.131. The molecule has 1 N–H and O–H groups in total. The van der Waals surface area contributed by atoms with Crippen LogP contribution in [-0.4, -0.2) is 22.2 Å². The molecule has 5 heteroatoms. The van der Waals surface area contributed by atoms with E-state index in [0.717, 1.165) is 6.08 Å². The SMILES string of the molecule is C=CC(=O)O.O=C(Cl)CCCl. The van der Waals surface area contributed by atoms with Gasteiger partial charge in [-0.15, -0.1) is 11.6 Å². The van der Waals surface area contributed by atoms with Gasteiger partial charge in [-0.3, -0.25) is 4.79 Å². The maximum atomic E-state index is 9.72. The Morgan fingerprint density at radius 3 is 1.91 bits per heavy atom. The van der Waals surface area contributed by atoms with Crippen molar-refractivity contribution < 1.29 is 14.7 Å². The number of carboxylic acids is 1. The second kappa shape index (κ2) is 9.46. The Hall–Kier alpha value is -0.540. The van der Waals surface area contributed by atoms with Gasteiger partial charge in [0, 0.05) is 18.4 Å². The highest BCUT2D eigenvalue weighted by Crippen LogP contribution is 1.88. The number of rotatable bonds is 3. The van der Waals surface area contributed by atoms with Gasteiger partial charge in [0.2, 0.25) is 5.24 Å². The third kappa shape index (κ3) is 26.5. The highest BCUT2D eigenvalue weighted by Gasteiger charge is 1.88. The van der Waals surface area contributed by atoms with Crippen molar-refractivity contribution in [2.45, 2.75) is 6.42 Å². The zero-order valence-corrected chi connectivity index (χ0v) is 7.23. The van der Waals surface area contributed by atoms with Crippen LogP contribution in [0.5, 0.6) is 0 Å². The molecule has 0 rings (SSSR count). The number of alkyl halides is 1. The van der Waals surface area contributed by atoms with E-state index in [1.165, 1.54) is 0 Å². The molecule has 0 fully saturated rings. The van der Waals surface area contributed by atoms with Crippen LogP contribution in [0, 0.1) is 0 Å². The number of hydrogen-bond acceptors (Lipinski definition) is 2. The number of halogens is 2. The smallest absolute Gasteiger partial charge is 0.327 e. The van der Waals surface area contributed by atoms with E-state index in [2.05, 4.69) is 6.58 Å². The van der Waals surface area contributed by atoms with Crippen molar-refractivity contribution in [3.8, 4) is 0 Å². The van der Waals surface area contributed by atoms with Crippen LogP contribution in [0.1, 0.15) is 6.42 Å². The quantitative estimate of drug-likeness (QED) is 0.427. The molecule has 11 heavy (non-hydrogen) atoms. The lowest BCUT2D eigenvalue weighted by Gasteiger charge is -1.76. The lowest BCUT2D eigenvalue weighted by atomic mass is 10.6. The largest absolute Gasteiger partial charge is 0.478 e. The van der Waals surface area contributed by atoms with E-state index in [1.54, 1.807) is 0 Å². The molecule has 0 bridgehead atoms. The molecule has 0 aromatic rings. The van der Waals surface area contributed by atoms with Gasteiger partial charge in [0.25, 0.3) is 0 Å². The summed E-state index contributed by atoms with van der Waals surface area (Å²) in [7, 11) is 0. The van der Waals surface area contributed by atoms with E-state index in [4.69, 9.17) is 28.3 Å². The van der Waals surface area contributed by atoms with Gasteiger partial charge >= 0.3 is 5.97 Å². The molecule has 0 aliphatic carbocycles. The molecule has 0 aliphatic heterocycles. The standard InChI is InChI=1S/C3H4Cl2O.C3H4O2/c4-2-1-3(5)6;1-2-3(4)5/h1-2H2;2H,1H2,(H,4,5). The molecule has 64 valence electrons. The maximum Gasteiger partial charge on any atom is 0.327 e. The van der Waals surface area contributed by atoms with E-state index in [-0.39, 0.29) is 11.7 Å². The molecule has 0 aliphatic rings. The lowest BCUT2D eigenvalue weighted by Crippen LogP contribution is -1.83. The van der Waals surface area contributed by atoms with Crippen LogP contribution in [0.3, 0.4) is 0 Å². The highest BCUT2D eigenvalue weighted by molar-refractivity contribution is 6.63. The van der Waals surface area contributed by atoms with Gasteiger partial charge in [0.1, 0.15) is 0 Å². The second-order valence-electron chi connectivity index (χ2n) is 1.34. The minimum absolute atomic E-state index is 0.267. The average molecular weight is 199 g/mol. The zero-order valence-electron chi connectivity index (χ0n) is 5.72. The van der Waals surface area contributed by atoms with Gasteiger partial charge in [-0.1, -0.05) is 6.58 Å². The Kier molecular flexibility index (Phi) is 11.2. The van der Waals surface area contributed by atoms with E-state index in [9.17, 15) is 9.59 Å². The van der Waals surface area contributed by atoms with Crippen LogP contribution < -0.4 is 0 Å². The first kappa shape index (κ1) is 13.1. The molecule has 0 unspecified atom stereocenters. The number of hydrogen-bond donors (Lipinski definition) is 1.